The molecule has 3 aromatic carbocycles. The number of halogens is 3. The zero-order valence-corrected chi connectivity index (χ0v) is 19.5. The van der Waals surface area contributed by atoms with Gasteiger partial charge in [0.1, 0.15) is 17.7 Å². The van der Waals surface area contributed by atoms with Gasteiger partial charge in [-0.2, -0.15) is 0 Å². The number of amides is 1. The summed E-state index contributed by atoms with van der Waals surface area (Å²) in [4.78, 5) is 12.2. The van der Waals surface area contributed by atoms with Crippen molar-refractivity contribution in [1.82, 2.24) is 5.32 Å². The highest BCUT2D eigenvalue weighted by atomic mass is 35.5. The number of phenolic OH excluding ortho intramolecular Hbond substituents is 1. The number of benzene rings is 3. The second kappa shape index (κ2) is 8.78. The van der Waals surface area contributed by atoms with E-state index >= 15 is 8.78 Å². The summed E-state index contributed by atoms with van der Waals surface area (Å²) in [5.74, 6) is -3.63. The molecule has 5 rings (SSSR count). The summed E-state index contributed by atoms with van der Waals surface area (Å²) in [7, 11) is 1.48. The predicted molar refractivity (Wildman–Crippen MR) is 127 cm³/mol. The number of carbonyl (C=O) groups excluding carboxylic acids is 1. The monoisotopic (exact) mass is 500 g/mol. The first kappa shape index (κ1) is 23.5. The van der Waals surface area contributed by atoms with E-state index in [4.69, 9.17) is 26.8 Å². The lowest BCUT2D eigenvalue weighted by Crippen LogP contribution is -2.51. The van der Waals surface area contributed by atoms with Gasteiger partial charge in [0.25, 0.3) is 0 Å². The molecule has 9 heteroatoms. The minimum Gasteiger partial charge on any atom is -0.505 e. The van der Waals surface area contributed by atoms with Crippen LogP contribution in [0.3, 0.4) is 0 Å². The van der Waals surface area contributed by atoms with Gasteiger partial charge >= 0.3 is 0 Å². The molecular formula is C26H23ClF2N2O4. The first-order valence-electron chi connectivity index (χ1n) is 11.2. The molecule has 0 unspecified atom stereocenters. The standard InChI is InChI=1S/C26H23ClF2N2O4/c1-34-24-20-17(35-26(24,18-8-5-11-31-18)13-6-3-2-4-7-13)12-15(28)22(27)21(20)19-14(25(30)33)9-10-16(32)23(19)29/h2-4,6-7,9-10,12,18,24,31-32H,5,8,11H2,1H3,(H2,30,33)/t18-,24-,26-/m0/s1. The second-order valence-corrected chi connectivity index (χ2v) is 9.05. The van der Waals surface area contributed by atoms with Crippen LogP contribution in [-0.2, 0) is 10.3 Å². The van der Waals surface area contributed by atoms with Gasteiger partial charge in [-0.15, -0.1) is 0 Å². The summed E-state index contributed by atoms with van der Waals surface area (Å²) in [5.41, 5.74) is 4.60. The van der Waals surface area contributed by atoms with Gasteiger partial charge in [0.15, 0.2) is 17.2 Å². The van der Waals surface area contributed by atoms with Gasteiger partial charge in [0.2, 0.25) is 5.91 Å². The van der Waals surface area contributed by atoms with Crippen LogP contribution in [0.25, 0.3) is 11.1 Å². The third-order valence-corrected chi connectivity index (χ3v) is 7.20. The molecular weight excluding hydrogens is 478 g/mol. The molecule has 3 aromatic rings. The summed E-state index contributed by atoms with van der Waals surface area (Å²) in [6, 6.07) is 12.5. The maximum atomic E-state index is 15.4. The van der Waals surface area contributed by atoms with E-state index in [2.05, 4.69) is 5.32 Å². The van der Waals surface area contributed by atoms with Gasteiger partial charge in [0, 0.05) is 29.9 Å². The SMILES string of the molecule is CO[C@H]1c2c(cc(F)c(Cl)c2-c2c(C(N)=O)ccc(O)c2F)O[C@@]1(c1ccccc1)[C@@H]1CCCN1. The number of rotatable bonds is 5. The normalized spacial score (nSPS) is 23.2. The molecule has 0 saturated carbocycles. The lowest BCUT2D eigenvalue weighted by molar-refractivity contribution is -0.0768. The fraction of sp³-hybridized carbons (Fsp3) is 0.269. The van der Waals surface area contributed by atoms with Gasteiger partial charge in [-0.3, -0.25) is 4.79 Å². The van der Waals surface area contributed by atoms with E-state index < -0.39 is 45.6 Å². The van der Waals surface area contributed by atoms with E-state index in [1.165, 1.54) is 13.2 Å². The number of primary amides is 1. The Balaban J connectivity index is 1.85. The van der Waals surface area contributed by atoms with E-state index in [0.717, 1.165) is 37.1 Å². The van der Waals surface area contributed by atoms with Crippen LogP contribution in [-0.4, -0.2) is 30.7 Å². The van der Waals surface area contributed by atoms with Crippen molar-refractivity contribution in [3.63, 3.8) is 0 Å². The molecule has 0 aromatic heterocycles. The minimum absolute atomic E-state index is 0.101. The lowest BCUT2D eigenvalue weighted by Gasteiger charge is -2.39. The topological polar surface area (TPSA) is 93.8 Å². The number of fused-ring (bicyclic) bond motifs is 1. The van der Waals surface area contributed by atoms with Crippen molar-refractivity contribution >= 4 is 17.5 Å². The third kappa shape index (κ3) is 3.47. The average molecular weight is 501 g/mol. The second-order valence-electron chi connectivity index (χ2n) is 8.67. The van der Waals surface area contributed by atoms with Crippen LogP contribution in [0, 0.1) is 11.6 Å². The smallest absolute Gasteiger partial charge is 0.249 e. The number of ether oxygens (including phenoxy) is 2. The number of phenols is 1. The summed E-state index contributed by atoms with van der Waals surface area (Å²) >= 11 is 6.43. The van der Waals surface area contributed by atoms with Gasteiger partial charge < -0.3 is 25.6 Å². The molecule has 4 N–H and O–H groups in total. The van der Waals surface area contributed by atoms with Gasteiger partial charge in [-0.05, 0) is 37.1 Å². The van der Waals surface area contributed by atoms with E-state index in [-0.39, 0.29) is 28.5 Å². The lowest BCUT2D eigenvalue weighted by atomic mass is 9.77. The molecule has 0 bridgehead atoms. The maximum Gasteiger partial charge on any atom is 0.249 e. The summed E-state index contributed by atoms with van der Waals surface area (Å²) in [5, 5.41) is 13.1. The van der Waals surface area contributed by atoms with Crippen LogP contribution in [0.15, 0.2) is 48.5 Å². The summed E-state index contributed by atoms with van der Waals surface area (Å²) in [6.45, 7) is 0.754. The Morgan fingerprint density at radius 1 is 1.23 bits per heavy atom. The molecule has 6 nitrogen and oxygen atoms in total. The fourth-order valence-electron chi connectivity index (χ4n) is 5.38. The summed E-state index contributed by atoms with van der Waals surface area (Å²) < 4.78 is 43.1. The zero-order valence-electron chi connectivity index (χ0n) is 18.8. The van der Waals surface area contributed by atoms with Crippen LogP contribution in [0.1, 0.15) is 40.4 Å². The molecule has 0 radical (unpaired) electrons. The van der Waals surface area contributed by atoms with Gasteiger partial charge in [-0.25, -0.2) is 8.78 Å². The number of carbonyl (C=O) groups is 1. The Hall–Kier alpha value is -3.20. The minimum atomic E-state index is -1.15. The molecule has 2 aliphatic rings. The maximum absolute atomic E-state index is 15.4. The van der Waals surface area contributed by atoms with Crippen molar-refractivity contribution in [3.8, 4) is 22.6 Å². The highest BCUT2D eigenvalue weighted by Gasteiger charge is 2.57. The van der Waals surface area contributed by atoms with Crippen LogP contribution in [0.5, 0.6) is 11.5 Å². The molecule has 182 valence electrons. The number of aromatic hydroxyl groups is 1. The Labute approximate surface area is 205 Å². The molecule has 0 aliphatic carbocycles. The molecule has 2 heterocycles. The van der Waals surface area contributed by atoms with E-state index in [1.54, 1.807) is 0 Å². The molecule has 1 amide bonds. The molecule has 3 atom stereocenters. The Bertz CT molecular complexity index is 1310. The summed E-state index contributed by atoms with van der Waals surface area (Å²) in [6.07, 6.45) is 0.775. The van der Waals surface area contributed by atoms with Gasteiger partial charge in [-0.1, -0.05) is 41.9 Å². The van der Waals surface area contributed by atoms with E-state index in [9.17, 15) is 9.90 Å². The van der Waals surface area contributed by atoms with E-state index in [0.29, 0.717) is 0 Å². The quantitative estimate of drug-likeness (QED) is 0.467. The molecule has 1 fully saturated rings. The number of methoxy groups -OCH3 is 1. The molecule has 2 aliphatic heterocycles. The molecule has 35 heavy (non-hydrogen) atoms. The van der Waals surface area contributed by atoms with Crippen LogP contribution in [0.2, 0.25) is 5.02 Å². The van der Waals surface area contributed by atoms with Crippen LogP contribution >= 0.6 is 11.6 Å². The number of hydrogen-bond donors (Lipinski definition) is 3. The van der Waals surface area contributed by atoms with Crippen molar-refractivity contribution in [1.29, 1.82) is 0 Å². The van der Waals surface area contributed by atoms with Crippen molar-refractivity contribution in [2.24, 2.45) is 5.73 Å². The zero-order chi connectivity index (χ0) is 24.9. The van der Waals surface area contributed by atoms with Gasteiger partial charge in [0.05, 0.1) is 16.6 Å². The average Bonchev–Trinajstić information content (AvgIpc) is 3.49. The van der Waals surface area contributed by atoms with Crippen molar-refractivity contribution in [2.45, 2.75) is 30.6 Å². The molecule has 1 saturated heterocycles. The largest absolute Gasteiger partial charge is 0.505 e. The Morgan fingerprint density at radius 3 is 2.60 bits per heavy atom. The number of nitrogens with two attached hydrogens (primary N) is 1. The molecule has 0 spiro atoms. The Kier molecular flexibility index (Phi) is 5.91. The highest BCUT2D eigenvalue weighted by Crippen LogP contribution is 2.58. The number of nitrogens with one attached hydrogen (secondary N) is 1. The third-order valence-electron chi connectivity index (χ3n) is 6.83. The predicted octanol–water partition coefficient (Wildman–Crippen LogP) is 4.82. The van der Waals surface area contributed by atoms with Crippen molar-refractivity contribution in [2.75, 3.05) is 13.7 Å². The van der Waals surface area contributed by atoms with E-state index in [1.807, 2.05) is 30.3 Å². The van der Waals surface area contributed by atoms with Crippen molar-refractivity contribution < 1.29 is 28.2 Å². The first-order valence-corrected chi connectivity index (χ1v) is 11.5. The first-order chi connectivity index (χ1) is 16.8. The highest BCUT2D eigenvalue weighted by molar-refractivity contribution is 6.34. The number of hydrogen-bond acceptors (Lipinski definition) is 5. The van der Waals surface area contributed by atoms with Crippen LogP contribution < -0.4 is 15.8 Å². The fourth-order valence-corrected chi connectivity index (χ4v) is 5.63. The van der Waals surface area contributed by atoms with Crippen molar-refractivity contribution in [3.05, 3.63) is 81.9 Å². The Morgan fingerprint density at radius 2 is 1.97 bits per heavy atom. The van der Waals surface area contributed by atoms with Crippen LogP contribution in [0.4, 0.5) is 8.78 Å².